The average molecular weight is 492 g/mol. The normalized spacial score (nSPS) is 14.9. The second kappa shape index (κ2) is 10.3. The first-order valence-corrected chi connectivity index (χ1v) is 11.2. The van der Waals surface area contributed by atoms with Crippen molar-refractivity contribution in [1.29, 1.82) is 0 Å². The van der Waals surface area contributed by atoms with Gasteiger partial charge in [-0.25, -0.2) is 10.1 Å². The molecule has 0 saturated heterocycles. The molecule has 1 fully saturated rings. The van der Waals surface area contributed by atoms with E-state index in [1.165, 1.54) is 30.2 Å². The summed E-state index contributed by atoms with van der Waals surface area (Å²) in [7, 11) is 2.01. The molecule has 0 atom stereocenters. The van der Waals surface area contributed by atoms with E-state index in [0.717, 1.165) is 12.8 Å². The van der Waals surface area contributed by atoms with E-state index in [9.17, 15) is 4.79 Å². The van der Waals surface area contributed by atoms with Crippen molar-refractivity contribution in [2.45, 2.75) is 44.7 Å². The summed E-state index contributed by atoms with van der Waals surface area (Å²) in [4.78, 5) is 15.1. The number of benzene rings is 1. The van der Waals surface area contributed by atoms with Crippen molar-refractivity contribution >= 4 is 41.1 Å². The van der Waals surface area contributed by atoms with E-state index in [-0.39, 0.29) is 17.3 Å². The van der Waals surface area contributed by atoms with Crippen molar-refractivity contribution in [3.63, 3.8) is 0 Å². The molecule has 0 spiro atoms. The third-order valence-corrected chi connectivity index (χ3v) is 6.46. The van der Waals surface area contributed by atoms with Crippen LogP contribution in [-0.2, 0) is 6.54 Å². The summed E-state index contributed by atoms with van der Waals surface area (Å²) in [5.74, 6) is -0.331. The Morgan fingerprint density at radius 3 is 2.85 bits per heavy atom. The largest absolute Gasteiger partial charge is 0.378 e. The number of nitrogens with zero attached hydrogens (tertiary/aromatic N) is 7. The van der Waals surface area contributed by atoms with Crippen LogP contribution in [0.5, 0.6) is 0 Å². The van der Waals surface area contributed by atoms with Gasteiger partial charge in [0.2, 0.25) is 11.6 Å². The number of hydrogen-bond donors (Lipinski definition) is 2. The second-order valence-corrected chi connectivity index (χ2v) is 8.60. The van der Waals surface area contributed by atoms with Crippen LogP contribution in [0.4, 0.5) is 5.82 Å². The van der Waals surface area contributed by atoms with Crippen LogP contribution in [0.2, 0.25) is 10.0 Å². The molecular formula is C20H23Cl2N9O2. The molecule has 1 amide bonds. The third kappa shape index (κ3) is 5.15. The summed E-state index contributed by atoms with van der Waals surface area (Å²) >= 11 is 12.2. The van der Waals surface area contributed by atoms with Crippen molar-refractivity contribution in [2.24, 2.45) is 5.10 Å². The van der Waals surface area contributed by atoms with Gasteiger partial charge in [-0.05, 0) is 36.3 Å². The Morgan fingerprint density at radius 2 is 2.12 bits per heavy atom. The molecule has 0 bridgehead atoms. The molecule has 174 valence electrons. The number of rotatable bonds is 7. The summed E-state index contributed by atoms with van der Waals surface area (Å²) in [6.45, 7) is 0.399. The molecule has 2 aromatic heterocycles. The van der Waals surface area contributed by atoms with E-state index in [2.05, 4.69) is 36.1 Å². The highest BCUT2D eigenvalue weighted by Crippen LogP contribution is 2.25. The molecule has 0 aliphatic heterocycles. The molecular weight excluding hydrogens is 469 g/mol. The second-order valence-electron chi connectivity index (χ2n) is 7.82. The number of anilines is 1. The van der Waals surface area contributed by atoms with Crippen molar-refractivity contribution in [1.82, 2.24) is 35.6 Å². The van der Waals surface area contributed by atoms with Gasteiger partial charge in [0, 0.05) is 18.2 Å². The highest BCUT2D eigenvalue weighted by Gasteiger charge is 2.27. The van der Waals surface area contributed by atoms with Crippen molar-refractivity contribution < 1.29 is 9.42 Å². The predicted molar refractivity (Wildman–Crippen MR) is 123 cm³/mol. The molecule has 2 heterocycles. The lowest BCUT2D eigenvalue weighted by atomic mass is 9.94. The topological polar surface area (TPSA) is 140 Å². The van der Waals surface area contributed by atoms with Crippen molar-refractivity contribution in [3.8, 4) is 5.82 Å². The number of carbonyl (C=O) groups excluding carboxylic acids is 1. The van der Waals surface area contributed by atoms with Crippen molar-refractivity contribution in [3.05, 3.63) is 45.2 Å². The highest BCUT2D eigenvalue weighted by atomic mass is 35.5. The predicted octanol–water partition coefficient (Wildman–Crippen LogP) is 3.07. The van der Waals surface area contributed by atoms with Crippen molar-refractivity contribution in [2.75, 3.05) is 12.8 Å². The zero-order valence-corrected chi connectivity index (χ0v) is 19.4. The number of amides is 1. The Labute approximate surface area is 199 Å². The van der Waals surface area contributed by atoms with E-state index in [4.69, 9.17) is 33.6 Å². The fourth-order valence-corrected chi connectivity index (χ4v) is 4.21. The first-order valence-electron chi connectivity index (χ1n) is 10.5. The van der Waals surface area contributed by atoms with Gasteiger partial charge >= 0.3 is 0 Å². The molecule has 1 aliphatic carbocycles. The van der Waals surface area contributed by atoms with Crippen LogP contribution in [0, 0.1) is 0 Å². The summed E-state index contributed by atoms with van der Waals surface area (Å²) < 4.78 is 6.08. The van der Waals surface area contributed by atoms with Gasteiger partial charge in [0.15, 0.2) is 5.69 Å². The highest BCUT2D eigenvalue weighted by molar-refractivity contribution is 6.43. The van der Waals surface area contributed by atoms with E-state index in [1.54, 1.807) is 18.2 Å². The summed E-state index contributed by atoms with van der Waals surface area (Å²) in [6.07, 6.45) is 7.20. The molecule has 11 nitrogen and oxygen atoms in total. The van der Waals surface area contributed by atoms with Gasteiger partial charge in [-0.15, -0.1) is 5.10 Å². The lowest BCUT2D eigenvalue weighted by molar-refractivity contribution is 0.0947. The lowest BCUT2D eigenvalue weighted by Gasteiger charge is -2.31. The molecule has 1 saturated carbocycles. The van der Waals surface area contributed by atoms with Gasteiger partial charge in [-0.2, -0.15) is 9.78 Å². The summed E-state index contributed by atoms with van der Waals surface area (Å²) in [5.41, 5.74) is 9.47. The average Bonchev–Trinajstić information content (AvgIpc) is 3.42. The van der Waals surface area contributed by atoms with E-state index in [1.807, 2.05) is 7.05 Å². The minimum atomic E-state index is -0.544. The number of nitrogens with two attached hydrogens (primary N) is 1. The molecule has 33 heavy (non-hydrogen) atoms. The maximum absolute atomic E-state index is 12.9. The zero-order chi connectivity index (χ0) is 23.4. The molecule has 4 rings (SSSR count). The molecule has 0 unspecified atom stereocenters. The first kappa shape index (κ1) is 23.1. The van der Waals surface area contributed by atoms with E-state index >= 15 is 0 Å². The molecule has 13 heteroatoms. The third-order valence-electron chi connectivity index (χ3n) is 5.62. The van der Waals surface area contributed by atoms with Gasteiger partial charge in [-0.1, -0.05) is 59.8 Å². The number of nitrogens with one attached hydrogen (secondary N) is 1. The Bertz CT molecular complexity index is 1150. The number of carbonyl (C=O) groups is 1. The number of hydrazone groups is 1. The number of hydrogen-bond acceptors (Lipinski definition) is 9. The van der Waals surface area contributed by atoms with Crippen LogP contribution in [0.25, 0.3) is 5.82 Å². The Balaban J connectivity index is 1.58. The quantitative estimate of drug-likeness (QED) is 0.379. The Morgan fingerprint density at radius 1 is 1.33 bits per heavy atom. The van der Waals surface area contributed by atoms with E-state index in [0.29, 0.717) is 33.9 Å². The monoisotopic (exact) mass is 491 g/mol. The minimum Gasteiger partial charge on any atom is -0.378 e. The van der Waals surface area contributed by atoms with Crippen LogP contribution in [0.1, 0.15) is 53.8 Å². The fourth-order valence-electron chi connectivity index (χ4n) is 3.85. The van der Waals surface area contributed by atoms with E-state index < -0.39 is 5.91 Å². The fraction of sp³-hybridized carbons (Fsp3) is 0.400. The minimum absolute atomic E-state index is 0.0436. The number of nitrogen functional groups attached to an aromatic ring is 1. The molecule has 3 aromatic rings. The Kier molecular flexibility index (Phi) is 7.21. The lowest BCUT2D eigenvalue weighted by Crippen LogP contribution is -2.34. The van der Waals surface area contributed by atoms with Gasteiger partial charge in [-0.3, -0.25) is 9.69 Å². The van der Waals surface area contributed by atoms with Crippen LogP contribution in [-0.4, -0.2) is 55.4 Å². The smallest absolute Gasteiger partial charge is 0.293 e. The maximum Gasteiger partial charge on any atom is 0.293 e. The number of halogens is 2. The van der Waals surface area contributed by atoms with Gasteiger partial charge < -0.3 is 5.73 Å². The first-order chi connectivity index (χ1) is 16.0. The van der Waals surface area contributed by atoms with Crippen LogP contribution < -0.4 is 11.2 Å². The van der Waals surface area contributed by atoms with Gasteiger partial charge in [0.1, 0.15) is 0 Å². The van der Waals surface area contributed by atoms with Crippen LogP contribution in [0.15, 0.2) is 27.9 Å². The number of aromatic nitrogens is 5. The molecule has 1 aliphatic rings. The summed E-state index contributed by atoms with van der Waals surface area (Å²) in [6, 6.07) is 5.52. The Hall–Kier alpha value is -3.02. The standard InChI is InChI=1S/C20H23Cl2N9O2/c1-30(13-7-3-2-4-8-13)11-15-17(25-29-31(15)19-18(23)27-33-28-19)20(32)26-24-10-12-6-5-9-14(21)16(12)22/h5-6,9-10,13H,2-4,7-8,11H2,1H3,(H2,23,27)(H,26,32)/b24-10-. The zero-order valence-electron chi connectivity index (χ0n) is 17.9. The molecule has 1 aromatic carbocycles. The van der Waals surface area contributed by atoms with Gasteiger partial charge in [0.25, 0.3) is 5.91 Å². The van der Waals surface area contributed by atoms with Crippen LogP contribution in [0.3, 0.4) is 0 Å². The van der Waals surface area contributed by atoms with Gasteiger partial charge in [0.05, 0.1) is 22.0 Å². The molecule has 0 radical (unpaired) electrons. The molecule has 3 N–H and O–H groups in total. The van der Waals surface area contributed by atoms with Crippen LogP contribution >= 0.6 is 23.2 Å². The SMILES string of the molecule is CN(Cc1c(C(=O)N/N=C\c2cccc(Cl)c2Cl)nnn1-c1nonc1N)C1CCCCC1. The maximum atomic E-state index is 12.9. The summed E-state index contributed by atoms with van der Waals surface area (Å²) in [5, 5.41) is 20.3.